The van der Waals surface area contributed by atoms with Crippen molar-refractivity contribution in [2.45, 2.75) is 151 Å². The first kappa shape index (κ1) is 22.1. The third-order valence-electron chi connectivity index (χ3n) is 8.48. The molecular weight excluding hydrogens is 360 g/mol. The van der Waals surface area contributed by atoms with Gasteiger partial charge < -0.3 is 4.12 Å². The average molecular weight is 408 g/mol. The second-order valence-electron chi connectivity index (χ2n) is 10.1. The van der Waals surface area contributed by atoms with Gasteiger partial charge in [0, 0.05) is 0 Å². The normalized spacial score (nSPS) is 27.0. The van der Waals surface area contributed by atoms with Crippen molar-refractivity contribution in [1.82, 2.24) is 0 Å². The summed E-state index contributed by atoms with van der Waals surface area (Å²) < 4.78 is 7.01. The smallest absolute Gasteiger partial charge is 0.188 e. The van der Waals surface area contributed by atoms with E-state index in [2.05, 4.69) is 0 Å². The predicted molar refractivity (Wildman–Crippen MR) is 124 cm³/mol. The molecule has 0 heterocycles. The van der Waals surface area contributed by atoms with Crippen molar-refractivity contribution in [3.63, 3.8) is 0 Å². The van der Waals surface area contributed by atoms with Gasteiger partial charge in [-0.2, -0.15) is 0 Å². The van der Waals surface area contributed by atoms with E-state index in [0.29, 0.717) is 0 Å². The maximum atomic E-state index is 7.01. The van der Waals surface area contributed by atoms with Crippen LogP contribution in [-0.2, 0) is 4.12 Å². The zero-order valence-electron chi connectivity index (χ0n) is 18.2. The van der Waals surface area contributed by atoms with E-state index in [1.54, 1.807) is 0 Å². The molecule has 3 aliphatic carbocycles. The molecule has 1 nitrogen and oxygen atoms in total. The van der Waals surface area contributed by atoms with Crippen LogP contribution in [0.3, 0.4) is 0 Å². The Morgan fingerprint density at radius 2 is 0.630 bits per heavy atom. The van der Waals surface area contributed by atoms with Crippen molar-refractivity contribution >= 4 is 18.8 Å². The van der Waals surface area contributed by atoms with E-state index in [9.17, 15) is 0 Å². The summed E-state index contributed by atoms with van der Waals surface area (Å²) in [6, 6.07) is 0. The third-order valence-corrected chi connectivity index (χ3v) is 16.0. The van der Waals surface area contributed by atoms with Gasteiger partial charge >= 0.3 is 0 Å². The van der Waals surface area contributed by atoms with Crippen molar-refractivity contribution in [3.8, 4) is 0 Å². The molecule has 0 spiro atoms. The van der Waals surface area contributed by atoms with Crippen LogP contribution in [0.1, 0.15) is 135 Å². The van der Waals surface area contributed by atoms with Crippen molar-refractivity contribution in [1.29, 1.82) is 0 Å². The van der Waals surface area contributed by atoms with Gasteiger partial charge in [-0.3, -0.25) is 0 Å². The zero-order chi connectivity index (χ0) is 18.8. The second-order valence-corrected chi connectivity index (χ2v) is 15.4. The lowest BCUT2D eigenvalue weighted by atomic mass is 9.99. The summed E-state index contributed by atoms with van der Waals surface area (Å²) in [5.74, 6) is 0. The molecule has 0 aliphatic heterocycles. The fourth-order valence-electron chi connectivity index (χ4n) is 7.08. The molecule has 0 aromatic carbocycles. The summed E-state index contributed by atoms with van der Waals surface area (Å²) in [5, 5.41) is 0. The Kier molecular flexibility index (Phi) is 9.96. The summed E-state index contributed by atoms with van der Waals surface area (Å²) in [7, 11) is 0.229. The standard InChI is InChI=1S/C24H47OSi2/c26-25-27(22-16-10-4-1-5-11-17-22,23-18-12-6-2-7-13-19-23)24-20-14-8-3-9-15-21-24/h22-24H,1-21,26H2. The summed E-state index contributed by atoms with van der Waals surface area (Å²) in [6.07, 6.45) is 31.4. The molecule has 0 aromatic rings. The monoisotopic (exact) mass is 407 g/mol. The molecule has 0 amide bonds. The lowest BCUT2D eigenvalue weighted by Crippen LogP contribution is -2.52. The van der Waals surface area contributed by atoms with Crippen LogP contribution in [0.2, 0.25) is 16.6 Å². The summed E-state index contributed by atoms with van der Waals surface area (Å²) >= 11 is 0. The SMILES string of the molecule is [SiH2]O[Si](C1CCCCCCC1)(C1CCCCCCC1)C1CCCCCCC1. The summed E-state index contributed by atoms with van der Waals surface area (Å²) in [5.41, 5.74) is 2.93. The van der Waals surface area contributed by atoms with E-state index < -0.39 is 8.32 Å². The molecule has 157 valence electrons. The Labute approximate surface area is 174 Å². The molecule has 0 saturated heterocycles. The van der Waals surface area contributed by atoms with Crippen LogP contribution in [0, 0.1) is 0 Å². The number of hydrogen-bond acceptors (Lipinski definition) is 1. The Hall–Kier alpha value is 0.394. The lowest BCUT2D eigenvalue weighted by molar-refractivity contribution is 0.370. The highest BCUT2D eigenvalue weighted by Gasteiger charge is 2.52. The van der Waals surface area contributed by atoms with Crippen molar-refractivity contribution in [2.75, 3.05) is 0 Å². The molecule has 0 atom stereocenters. The Bertz CT molecular complexity index is 321. The van der Waals surface area contributed by atoms with Crippen molar-refractivity contribution in [2.24, 2.45) is 0 Å². The van der Waals surface area contributed by atoms with Crippen molar-refractivity contribution < 1.29 is 4.12 Å². The fraction of sp³-hybridized carbons (Fsp3) is 1.00. The summed E-state index contributed by atoms with van der Waals surface area (Å²) in [6.45, 7) is 0. The molecule has 3 aliphatic rings. The second kappa shape index (κ2) is 12.2. The van der Waals surface area contributed by atoms with E-state index in [-0.39, 0.29) is 0 Å². The van der Waals surface area contributed by atoms with E-state index in [1.165, 1.54) is 135 Å². The molecule has 1 radical (unpaired) electrons. The van der Waals surface area contributed by atoms with Crippen molar-refractivity contribution in [3.05, 3.63) is 0 Å². The van der Waals surface area contributed by atoms with Gasteiger partial charge in [-0.05, 0) is 16.6 Å². The largest absolute Gasteiger partial charge is 0.460 e. The Morgan fingerprint density at radius 1 is 0.407 bits per heavy atom. The Balaban J connectivity index is 1.87. The minimum atomic E-state index is -1.72. The zero-order valence-corrected chi connectivity index (χ0v) is 20.6. The highest BCUT2D eigenvalue weighted by atomic mass is 28.4. The van der Waals surface area contributed by atoms with Gasteiger partial charge in [-0.15, -0.1) is 0 Å². The molecule has 0 bridgehead atoms. The minimum Gasteiger partial charge on any atom is -0.460 e. The molecule has 3 heteroatoms. The maximum absolute atomic E-state index is 7.01. The van der Waals surface area contributed by atoms with Gasteiger partial charge in [0.2, 0.25) is 0 Å². The molecule has 3 rings (SSSR count). The molecule has 27 heavy (non-hydrogen) atoms. The van der Waals surface area contributed by atoms with E-state index in [0.717, 1.165) is 16.6 Å². The topological polar surface area (TPSA) is 9.23 Å². The Morgan fingerprint density at radius 3 is 0.852 bits per heavy atom. The van der Waals surface area contributed by atoms with Gasteiger partial charge in [0.25, 0.3) is 0 Å². The van der Waals surface area contributed by atoms with Gasteiger partial charge in [0.05, 0.1) is 0 Å². The number of rotatable bonds is 4. The van der Waals surface area contributed by atoms with Crippen LogP contribution in [0.5, 0.6) is 0 Å². The molecular formula is C24H47OSi2. The average Bonchev–Trinajstić information content (AvgIpc) is 2.58. The van der Waals surface area contributed by atoms with Crippen LogP contribution in [0.15, 0.2) is 0 Å². The quantitative estimate of drug-likeness (QED) is 0.431. The first-order valence-electron chi connectivity index (χ1n) is 12.8. The van der Waals surface area contributed by atoms with Gasteiger partial charge in [-0.1, -0.05) is 135 Å². The van der Waals surface area contributed by atoms with E-state index in [1.807, 2.05) is 10.5 Å². The van der Waals surface area contributed by atoms with Crippen LogP contribution in [0.4, 0.5) is 0 Å². The van der Waals surface area contributed by atoms with Gasteiger partial charge in [-0.25, -0.2) is 0 Å². The summed E-state index contributed by atoms with van der Waals surface area (Å²) in [4.78, 5) is 0. The predicted octanol–water partition coefficient (Wildman–Crippen LogP) is 7.84. The van der Waals surface area contributed by atoms with Crippen LogP contribution < -0.4 is 0 Å². The molecule has 3 fully saturated rings. The minimum absolute atomic E-state index is 0.976. The van der Waals surface area contributed by atoms with E-state index >= 15 is 0 Å². The van der Waals surface area contributed by atoms with Gasteiger partial charge in [0.15, 0.2) is 18.8 Å². The first-order valence-corrected chi connectivity index (χ1v) is 15.5. The van der Waals surface area contributed by atoms with Crippen LogP contribution >= 0.6 is 0 Å². The molecule has 0 N–H and O–H groups in total. The lowest BCUT2D eigenvalue weighted by Gasteiger charge is -2.50. The maximum Gasteiger partial charge on any atom is 0.188 e. The highest BCUT2D eigenvalue weighted by Crippen LogP contribution is 2.55. The van der Waals surface area contributed by atoms with Crippen LogP contribution in [0.25, 0.3) is 0 Å². The molecule has 0 unspecified atom stereocenters. The third kappa shape index (κ3) is 5.95. The van der Waals surface area contributed by atoms with Crippen LogP contribution in [-0.4, -0.2) is 18.8 Å². The highest BCUT2D eigenvalue weighted by molar-refractivity contribution is 6.80. The molecule has 3 saturated carbocycles. The molecule has 0 aromatic heterocycles. The number of hydrogen-bond donors (Lipinski definition) is 0. The van der Waals surface area contributed by atoms with E-state index in [4.69, 9.17) is 4.12 Å². The first-order chi connectivity index (χ1) is 13.4. The fourth-order valence-corrected chi connectivity index (χ4v) is 15.8. The van der Waals surface area contributed by atoms with Gasteiger partial charge in [0.1, 0.15) is 0 Å².